The maximum Gasteiger partial charge on any atom is 0.320 e. The molecule has 0 aromatic heterocycles. The Hall–Kier alpha value is -1.10. The molecule has 0 radical (unpaired) electrons. The summed E-state index contributed by atoms with van der Waals surface area (Å²) in [6, 6.07) is -0.716. The van der Waals surface area contributed by atoms with Gasteiger partial charge in [-0.3, -0.25) is 4.79 Å². The molecule has 0 aromatic rings. The topological polar surface area (TPSA) is 187 Å². The lowest BCUT2D eigenvalue weighted by molar-refractivity contribution is -0.138. The minimum atomic E-state index is -1.64. The van der Waals surface area contributed by atoms with Gasteiger partial charge in [-0.1, -0.05) is 6.42 Å². The van der Waals surface area contributed by atoms with Crippen molar-refractivity contribution in [3.05, 3.63) is 0 Å². The van der Waals surface area contributed by atoms with Crippen LogP contribution in [0.1, 0.15) is 19.3 Å². The van der Waals surface area contributed by atoms with Crippen molar-refractivity contribution in [1.82, 2.24) is 0 Å². The average Bonchev–Trinajstić information content (AvgIpc) is 2.45. The summed E-state index contributed by atoms with van der Waals surface area (Å²) in [5, 5.41) is 42.4. The highest BCUT2D eigenvalue weighted by molar-refractivity contribution is 5.72. The van der Waals surface area contributed by atoms with E-state index < -0.39 is 36.9 Å². The number of carboxylic acids is 1. The van der Waals surface area contributed by atoms with E-state index in [1.54, 1.807) is 0 Å². The highest BCUT2D eigenvalue weighted by Gasteiger charge is 2.22. The van der Waals surface area contributed by atoms with Gasteiger partial charge in [0, 0.05) is 0 Å². The van der Waals surface area contributed by atoms with Gasteiger partial charge in [0.25, 0.3) is 0 Å². The molecule has 20 heavy (non-hydrogen) atoms. The maximum absolute atomic E-state index is 10.1. The van der Waals surface area contributed by atoms with E-state index in [0.717, 1.165) is 12.8 Å². The number of carbonyl (C=O) groups excluding carboxylic acids is 1. The molecule has 0 saturated heterocycles. The molecule has 0 bridgehead atoms. The summed E-state index contributed by atoms with van der Waals surface area (Å²) in [7, 11) is 0. The van der Waals surface area contributed by atoms with Crippen molar-refractivity contribution < 1.29 is 35.1 Å². The Balaban J connectivity index is 0. The van der Waals surface area contributed by atoms with Gasteiger partial charge >= 0.3 is 5.97 Å². The van der Waals surface area contributed by atoms with Gasteiger partial charge in [-0.15, -0.1) is 0 Å². The lowest BCUT2D eigenvalue weighted by atomic mass is 10.1. The fraction of sp³-hybridized carbons (Fsp3) is 0.818. The summed E-state index contributed by atoms with van der Waals surface area (Å²) in [5.41, 5.74) is 10.4. The minimum Gasteiger partial charge on any atom is -0.480 e. The molecule has 0 aliphatic carbocycles. The van der Waals surface area contributed by atoms with Crippen molar-refractivity contribution in [2.75, 3.05) is 13.2 Å². The first-order valence-electron chi connectivity index (χ1n) is 6.10. The Labute approximate surface area is 116 Å². The smallest absolute Gasteiger partial charge is 0.320 e. The first-order valence-corrected chi connectivity index (χ1v) is 6.10. The van der Waals surface area contributed by atoms with E-state index in [9.17, 15) is 9.59 Å². The van der Waals surface area contributed by atoms with Gasteiger partial charge < -0.3 is 41.8 Å². The maximum atomic E-state index is 10.1. The molecule has 0 amide bonds. The summed E-state index contributed by atoms with van der Waals surface area (Å²) >= 11 is 0. The molecule has 0 saturated carbocycles. The summed E-state index contributed by atoms with van der Waals surface area (Å²) in [4.78, 5) is 19.9. The molecule has 9 N–H and O–H groups in total. The quantitative estimate of drug-likeness (QED) is 0.170. The molecule has 0 heterocycles. The third-order valence-electron chi connectivity index (χ3n) is 2.36. The monoisotopic (exact) mass is 296 g/mol. The van der Waals surface area contributed by atoms with E-state index >= 15 is 0 Å². The van der Waals surface area contributed by atoms with Crippen LogP contribution in [0.15, 0.2) is 0 Å². The number of aldehydes is 1. The van der Waals surface area contributed by atoms with Gasteiger partial charge in [0.1, 0.15) is 24.4 Å². The molecule has 0 unspecified atom stereocenters. The van der Waals surface area contributed by atoms with Crippen molar-refractivity contribution in [3.8, 4) is 0 Å². The van der Waals surface area contributed by atoms with Crippen LogP contribution in [0.4, 0.5) is 0 Å². The van der Waals surface area contributed by atoms with E-state index in [1.165, 1.54) is 0 Å². The van der Waals surface area contributed by atoms with Crippen LogP contribution in [0.25, 0.3) is 0 Å². The summed E-state index contributed by atoms with van der Waals surface area (Å²) < 4.78 is 0. The second-order valence-electron chi connectivity index (χ2n) is 4.10. The number of rotatable bonds is 9. The molecular formula is C11H24N2O7. The molecule has 0 aliphatic heterocycles. The fourth-order valence-corrected chi connectivity index (χ4v) is 1.05. The van der Waals surface area contributed by atoms with Crippen molar-refractivity contribution in [3.63, 3.8) is 0 Å². The van der Waals surface area contributed by atoms with Crippen LogP contribution in [0.3, 0.4) is 0 Å². The Bertz CT molecular complexity index is 265. The predicted octanol–water partition coefficient (Wildman–Crippen LogP) is -3.21. The summed E-state index contributed by atoms with van der Waals surface area (Å²) in [6.07, 6.45) is -2.47. The average molecular weight is 296 g/mol. The molecule has 0 aliphatic rings. The number of hydrogen-bond acceptors (Lipinski definition) is 8. The number of nitrogens with two attached hydrogens (primary N) is 2. The van der Waals surface area contributed by atoms with E-state index in [1.807, 2.05) is 0 Å². The van der Waals surface area contributed by atoms with Crippen molar-refractivity contribution in [2.45, 2.75) is 43.6 Å². The van der Waals surface area contributed by atoms with Gasteiger partial charge in [0.15, 0.2) is 6.29 Å². The molecule has 120 valence electrons. The zero-order chi connectivity index (χ0) is 16.1. The minimum absolute atomic E-state index is 0.0869. The second-order valence-corrected chi connectivity index (χ2v) is 4.10. The van der Waals surface area contributed by atoms with E-state index in [4.69, 9.17) is 37.0 Å². The van der Waals surface area contributed by atoms with E-state index in [-0.39, 0.29) is 6.29 Å². The number of aliphatic hydroxyl groups excluding tert-OH is 4. The highest BCUT2D eigenvalue weighted by Crippen LogP contribution is 1.97. The van der Waals surface area contributed by atoms with Crippen LogP contribution < -0.4 is 11.5 Å². The standard InChI is InChI=1S/C6H14N2O2.C5H10O5/c7-4-2-1-3-5(8)6(9)10;6-1-3(8)5(10)4(9)2-7/h5H,1-4,7-8H2,(H,9,10);1,3-5,7-10H,2H2/t5-;3-,4+,5+/m00/s1. The number of unbranched alkanes of at least 4 members (excludes halogenated alkanes) is 1. The van der Waals surface area contributed by atoms with E-state index in [2.05, 4.69) is 0 Å². The zero-order valence-electron chi connectivity index (χ0n) is 11.1. The highest BCUT2D eigenvalue weighted by atomic mass is 16.4. The number of aliphatic hydroxyl groups is 4. The largest absolute Gasteiger partial charge is 0.480 e. The molecular weight excluding hydrogens is 272 g/mol. The van der Waals surface area contributed by atoms with E-state index in [0.29, 0.717) is 13.0 Å². The summed E-state index contributed by atoms with van der Waals surface area (Å²) in [6.45, 7) is -0.0849. The van der Waals surface area contributed by atoms with Crippen LogP contribution in [-0.2, 0) is 9.59 Å². The molecule has 9 heteroatoms. The van der Waals surface area contributed by atoms with Gasteiger partial charge in [-0.2, -0.15) is 0 Å². The first kappa shape index (κ1) is 21.2. The van der Waals surface area contributed by atoms with Crippen LogP contribution >= 0.6 is 0 Å². The van der Waals surface area contributed by atoms with Crippen molar-refractivity contribution >= 4 is 12.3 Å². The van der Waals surface area contributed by atoms with Crippen LogP contribution in [0.2, 0.25) is 0 Å². The number of carboxylic acid groups (broad SMARTS) is 1. The molecule has 4 atom stereocenters. The van der Waals surface area contributed by atoms with Crippen LogP contribution in [0.5, 0.6) is 0 Å². The van der Waals surface area contributed by atoms with Gasteiger partial charge in [0.05, 0.1) is 6.61 Å². The number of hydrogen-bond donors (Lipinski definition) is 7. The van der Waals surface area contributed by atoms with Gasteiger partial charge in [0.2, 0.25) is 0 Å². The van der Waals surface area contributed by atoms with Gasteiger partial charge in [-0.05, 0) is 19.4 Å². The molecule has 0 spiro atoms. The lowest BCUT2D eigenvalue weighted by Crippen LogP contribution is -2.40. The Morgan fingerprint density at radius 1 is 1.20 bits per heavy atom. The third kappa shape index (κ3) is 10.8. The SMILES string of the molecule is NCCCC[C@H](N)C(=O)O.O=C[C@H](O)[C@@H](O)[C@H](O)CO. The fourth-order valence-electron chi connectivity index (χ4n) is 1.05. The van der Waals surface area contributed by atoms with Crippen molar-refractivity contribution in [1.29, 1.82) is 0 Å². The van der Waals surface area contributed by atoms with Crippen LogP contribution in [-0.4, -0.2) is 75.3 Å². The second kappa shape index (κ2) is 12.9. The molecule has 0 fully saturated rings. The Kier molecular flexibility index (Phi) is 13.7. The Morgan fingerprint density at radius 2 is 1.75 bits per heavy atom. The lowest BCUT2D eigenvalue weighted by Gasteiger charge is -2.16. The number of carbonyl (C=O) groups is 2. The zero-order valence-corrected chi connectivity index (χ0v) is 11.1. The Morgan fingerprint density at radius 3 is 2.10 bits per heavy atom. The first-order chi connectivity index (χ1) is 9.31. The van der Waals surface area contributed by atoms with Gasteiger partial charge in [-0.25, -0.2) is 0 Å². The van der Waals surface area contributed by atoms with Crippen LogP contribution in [0, 0.1) is 0 Å². The normalized spacial score (nSPS) is 16.3. The summed E-state index contributed by atoms with van der Waals surface area (Å²) in [5.74, 6) is -0.933. The molecule has 9 nitrogen and oxygen atoms in total. The number of aliphatic carboxylic acids is 1. The molecule has 0 rings (SSSR count). The van der Waals surface area contributed by atoms with Crippen molar-refractivity contribution in [2.24, 2.45) is 11.5 Å². The predicted molar refractivity (Wildman–Crippen MR) is 69.7 cm³/mol. The third-order valence-corrected chi connectivity index (χ3v) is 2.36. The molecule has 0 aromatic carbocycles.